The number of hydrogen-bond donors (Lipinski definition) is 11. The highest BCUT2D eigenvalue weighted by Crippen LogP contribution is 2.04. The molecule has 0 rings (SSSR count). The summed E-state index contributed by atoms with van der Waals surface area (Å²) in [6, 6.07) is -7.69. The zero-order valence-corrected chi connectivity index (χ0v) is 26.1. The van der Waals surface area contributed by atoms with Gasteiger partial charge in [-0.05, 0) is 12.8 Å². The van der Waals surface area contributed by atoms with E-state index in [9.17, 15) is 63.3 Å². The molecule has 47 heavy (non-hydrogen) atoms. The van der Waals surface area contributed by atoms with E-state index in [1.54, 1.807) is 12.2 Å². The van der Waals surface area contributed by atoms with Crippen molar-refractivity contribution in [3.05, 3.63) is 0 Å². The molecule has 264 valence electrons. The highest BCUT2D eigenvalue weighted by atomic mass is 32.1. The van der Waals surface area contributed by atoms with Gasteiger partial charge in [0.2, 0.25) is 29.5 Å². The van der Waals surface area contributed by atoms with Crippen molar-refractivity contribution in [1.82, 2.24) is 26.6 Å². The quantitative estimate of drug-likeness (QED) is 0.0358. The highest BCUT2D eigenvalue weighted by molar-refractivity contribution is 7.80. The SMILES string of the molecule is CC(CS)C(=O)NCCCCCC(=O)NC(CC(=O)NC(CC(=O)NC(CC(=O)NC(CC(=O)O)C(=O)O)C(=O)O)C(=O)O)C(=O)O. The molecule has 0 aromatic rings. The third-order valence-electron chi connectivity index (χ3n) is 6.18. The summed E-state index contributed by atoms with van der Waals surface area (Å²) in [7, 11) is 0. The summed E-state index contributed by atoms with van der Waals surface area (Å²) in [6.07, 6.45) is -2.82. The van der Waals surface area contributed by atoms with Crippen molar-refractivity contribution in [3.63, 3.8) is 0 Å². The third-order valence-corrected chi connectivity index (χ3v) is 6.73. The molecule has 0 radical (unpaired) electrons. The van der Waals surface area contributed by atoms with Crippen LogP contribution in [-0.2, 0) is 47.9 Å². The normalized spacial score (nSPS) is 13.7. The van der Waals surface area contributed by atoms with Gasteiger partial charge in [0.25, 0.3) is 0 Å². The maximum absolute atomic E-state index is 12.4. The number of carboxylic acid groups (broad SMARTS) is 5. The Kier molecular flexibility index (Phi) is 19.4. The third kappa shape index (κ3) is 18.6. The number of rotatable bonds is 24. The highest BCUT2D eigenvalue weighted by Gasteiger charge is 2.31. The van der Waals surface area contributed by atoms with E-state index in [4.69, 9.17) is 10.2 Å². The maximum Gasteiger partial charge on any atom is 0.326 e. The van der Waals surface area contributed by atoms with Gasteiger partial charge in [-0.3, -0.25) is 28.8 Å². The Balaban J connectivity index is 5.00. The predicted octanol–water partition coefficient (Wildman–Crippen LogP) is -2.85. The van der Waals surface area contributed by atoms with E-state index in [-0.39, 0.29) is 18.2 Å². The molecule has 5 amide bonds. The van der Waals surface area contributed by atoms with Crippen LogP contribution in [-0.4, -0.2) is 121 Å². The van der Waals surface area contributed by atoms with Crippen molar-refractivity contribution in [2.75, 3.05) is 12.3 Å². The van der Waals surface area contributed by atoms with Crippen LogP contribution in [0.2, 0.25) is 0 Å². The molecule has 0 saturated carbocycles. The van der Waals surface area contributed by atoms with Crippen LogP contribution in [0, 0.1) is 5.92 Å². The van der Waals surface area contributed by atoms with E-state index in [0.717, 1.165) is 0 Å². The van der Waals surface area contributed by atoms with E-state index in [1.807, 2.05) is 10.6 Å². The van der Waals surface area contributed by atoms with Crippen molar-refractivity contribution in [3.8, 4) is 0 Å². The van der Waals surface area contributed by atoms with Gasteiger partial charge >= 0.3 is 29.8 Å². The minimum Gasteiger partial charge on any atom is -0.481 e. The Hall–Kier alpha value is -4.95. The monoisotopic (exact) mass is 693 g/mol. The summed E-state index contributed by atoms with van der Waals surface area (Å²) in [5.41, 5.74) is 0. The van der Waals surface area contributed by atoms with Gasteiger partial charge in [0.15, 0.2) is 0 Å². The number of amides is 5. The minimum atomic E-state index is -2.01. The van der Waals surface area contributed by atoms with E-state index in [2.05, 4.69) is 23.3 Å². The Morgan fingerprint density at radius 2 is 0.894 bits per heavy atom. The number of carbonyl (C=O) groups excluding carboxylic acids is 5. The molecule has 0 saturated heterocycles. The molecule has 0 bridgehead atoms. The number of unbranched alkanes of at least 4 members (excludes halogenated alkanes) is 2. The van der Waals surface area contributed by atoms with Crippen molar-refractivity contribution in [1.29, 1.82) is 0 Å². The molecule has 0 aliphatic heterocycles. The van der Waals surface area contributed by atoms with Crippen LogP contribution in [0.25, 0.3) is 0 Å². The zero-order valence-electron chi connectivity index (χ0n) is 25.2. The fourth-order valence-corrected chi connectivity index (χ4v) is 3.78. The molecular formula is C26H39N5O15S. The second kappa shape index (κ2) is 21.7. The standard InChI is InChI=1S/C26H39N5O15S/c1-12(11-47)22(38)27-6-4-2-3-5-17(32)28-13(23(39)40)7-18(33)29-14(24(41)42)8-19(34)30-15(25(43)44)9-20(35)31-16(26(45)46)10-21(36)37/h12-16,47H,2-11H2,1H3,(H,27,38)(H,28,32)(H,29,33)(H,30,34)(H,31,35)(H,36,37)(H,39,40)(H,41,42)(H,43,44)(H,45,46). The molecule has 0 aliphatic carbocycles. The largest absolute Gasteiger partial charge is 0.481 e. The van der Waals surface area contributed by atoms with Crippen molar-refractivity contribution >= 4 is 72.0 Å². The molecule has 0 heterocycles. The number of hydrogen-bond acceptors (Lipinski definition) is 11. The average molecular weight is 694 g/mol. The first-order valence-corrected chi connectivity index (χ1v) is 14.7. The predicted molar refractivity (Wildman–Crippen MR) is 159 cm³/mol. The lowest BCUT2D eigenvalue weighted by molar-refractivity contribution is -0.148. The Morgan fingerprint density at radius 1 is 0.532 bits per heavy atom. The van der Waals surface area contributed by atoms with Gasteiger partial charge in [-0.25, -0.2) is 19.2 Å². The Bertz CT molecular complexity index is 1200. The average Bonchev–Trinajstić information content (AvgIpc) is 2.96. The van der Waals surface area contributed by atoms with Crippen LogP contribution >= 0.6 is 12.6 Å². The van der Waals surface area contributed by atoms with Gasteiger partial charge < -0.3 is 52.1 Å². The topological polar surface area (TPSA) is 332 Å². The number of thiol groups is 1. The van der Waals surface area contributed by atoms with Crippen LogP contribution in [0.4, 0.5) is 0 Å². The van der Waals surface area contributed by atoms with Gasteiger partial charge in [0.05, 0.1) is 25.7 Å². The minimum absolute atomic E-state index is 0.108. The molecule has 0 aromatic carbocycles. The molecule has 21 heteroatoms. The molecular weight excluding hydrogens is 654 g/mol. The summed E-state index contributed by atoms with van der Waals surface area (Å²) >= 11 is 4.03. The van der Waals surface area contributed by atoms with Crippen LogP contribution in [0.5, 0.6) is 0 Å². The summed E-state index contributed by atoms with van der Waals surface area (Å²) in [5, 5.41) is 56.2. The number of carboxylic acids is 5. The molecule has 5 atom stereocenters. The first-order valence-electron chi connectivity index (χ1n) is 14.1. The first kappa shape index (κ1) is 42.0. The van der Waals surface area contributed by atoms with Crippen LogP contribution in [0.3, 0.4) is 0 Å². The van der Waals surface area contributed by atoms with Crippen molar-refractivity contribution < 1.29 is 73.5 Å². The van der Waals surface area contributed by atoms with E-state index in [1.165, 1.54) is 0 Å². The van der Waals surface area contributed by atoms with Crippen molar-refractivity contribution in [2.24, 2.45) is 5.92 Å². The van der Waals surface area contributed by atoms with Crippen LogP contribution < -0.4 is 26.6 Å². The van der Waals surface area contributed by atoms with Gasteiger partial charge in [0.1, 0.15) is 24.2 Å². The second-order valence-electron chi connectivity index (χ2n) is 10.2. The lowest BCUT2D eigenvalue weighted by Gasteiger charge is -2.19. The molecule has 20 nitrogen and oxygen atoms in total. The summed E-state index contributed by atoms with van der Waals surface area (Å²) in [6.45, 7) is 2.08. The fraction of sp³-hybridized carbons (Fsp3) is 0.615. The van der Waals surface area contributed by atoms with Crippen LogP contribution in [0.15, 0.2) is 0 Å². The summed E-state index contributed by atoms with van der Waals surface area (Å²) < 4.78 is 0. The van der Waals surface area contributed by atoms with Gasteiger partial charge in [0, 0.05) is 24.6 Å². The first-order chi connectivity index (χ1) is 21.9. The lowest BCUT2D eigenvalue weighted by Crippen LogP contribution is -2.51. The van der Waals surface area contributed by atoms with Crippen LogP contribution in [0.1, 0.15) is 58.3 Å². The van der Waals surface area contributed by atoms with E-state index < -0.39 is 103 Å². The zero-order chi connectivity index (χ0) is 36.3. The lowest BCUT2D eigenvalue weighted by atomic mass is 10.1. The Morgan fingerprint density at radius 3 is 1.23 bits per heavy atom. The van der Waals surface area contributed by atoms with Gasteiger partial charge in [-0.15, -0.1) is 0 Å². The smallest absolute Gasteiger partial charge is 0.326 e. The maximum atomic E-state index is 12.4. The van der Waals surface area contributed by atoms with E-state index in [0.29, 0.717) is 31.6 Å². The fourth-order valence-electron chi connectivity index (χ4n) is 3.61. The summed E-state index contributed by atoms with van der Waals surface area (Å²) in [5.74, 6) is -13.0. The van der Waals surface area contributed by atoms with Crippen molar-refractivity contribution in [2.45, 2.75) is 82.5 Å². The molecule has 10 N–H and O–H groups in total. The van der Waals surface area contributed by atoms with E-state index >= 15 is 0 Å². The summed E-state index contributed by atoms with van der Waals surface area (Å²) in [4.78, 5) is 117. The number of aliphatic carboxylic acids is 5. The Labute approximate surface area is 272 Å². The molecule has 0 aromatic heterocycles. The molecule has 0 fully saturated rings. The second-order valence-corrected chi connectivity index (χ2v) is 10.6. The number of nitrogens with one attached hydrogen (secondary N) is 5. The molecule has 0 spiro atoms. The molecule has 5 unspecified atom stereocenters. The molecule has 0 aliphatic rings. The van der Waals surface area contributed by atoms with Gasteiger partial charge in [-0.1, -0.05) is 13.3 Å². The van der Waals surface area contributed by atoms with Gasteiger partial charge in [-0.2, -0.15) is 12.6 Å². The number of carbonyl (C=O) groups is 10.